The van der Waals surface area contributed by atoms with E-state index in [1.807, 2.05) is 79.7 Å². The number of rotatable bonds is 3. The van der Waals surface area contributed by atoms with Crippen LogP contribution in [0.2, 0.25) is 0 Å². The van der Waals surface area contributed by atoms with E-state index in [2.05, 4.69) is 10.3 Å². The molecule has 1 N–H and O–H groups in total. The lowest BCUT2D eigenvalue weighted by Crippen LogP contribution is -2.18. The quantitative estimate of drug-likeness (QED) is 0.644. The summed E-state index contributed by atoms with van der Waals surface area (Å²) in [5.74, 6) is 2.01. The standard InChI is InChI=1S/C21H16N2O2S/c1-14-6-5-9-16(12-14)22-20-19(26-21(24)23-20)13-17-10-11-18(25-17)15-7-3-2-4-8-15/h2-13H,1H3,(H,22,23,24). The number of nitrogens with one attached hydrogen (secondary N) is 1. The molecule has 0 saturated carbocycles. The molecule has 2 aromatic carbocycles. The molecular formula is C21H16N2O2S. The normalized spacial score (nSPS) is 17.0. The number of amidine groups is 1. The van der Waals surface area contributed by atoms with E-state index in [0.717, 1.165) is 39.2 Å². The number of thioether (sulfide) groups is 1. The van der Waals surface area contributed by atoms with Gasteiger partial charge >= 0.3 is 0 Å². The number of carbonyl (C=O) groups excluding carboxylic acids is 1. The minimum absolute atomic E-state index is 0.141. The summed E-state index contributed by atoms with van der Waals surface area (Å²) in [5.41, 5.74) is 2.94. The van der Waals surface area contributed by atoms with Crippen LogP contribution in [0.15, 0.2) is 81.0 Å². The molecule has 1 amide bonds. The lowest BCUT2D eigenvalue weighted by Gasteiger charge is -2.00. The Morgan fingerprint density at radius 3 is 2.69 bits per heavy atom. The molecule has 0 unspecified atom stereocenters. The first kappa shape index (κ1) is 16.4. The SMILES string of the molecule is Cc1cccc(N=C2NC(=O)SC2=Cc2ccc(-c3ccccc3)o2)c1. The summed E-state index contributed by atoms with van der Waals surface area (Å²) in [5, 5.41) is 2.65. The molecule has 1 saturated heterocycles. The minimum Gasteiger partial charge on any atom is -0.457 e. The first-order chi connectivity index (χ1) is 12.7. The summed E-state index contributed by atoms with van der Waals surface area (Å²) in [6, 6.07) is 21.6. The second-order valence-corrected chi connectivity index (χ2v) is 6.91. The summed E-state index contributed by atoms with van der Waals surface area (Å²) in [7, 11) is 0. The highest BCUT2D eigenvalue weighted by Gasteiger charge is 2.24. The lowest BCUT2D eigenvalue weighted by molar-refractivity contribution is 0.265. The molecule has 0 aliphatic carbocycles. The van der Waals surface area contributed by atoms with Crippen LogP contribution in [0.3, 0.4) is 0 Å². The predicted molar refractivity (Wildman–Crippen MR) is 107 cm³/mol. The Kier molecular flexibility index (Phi) is 4.46. The van der Waals surface area contributed by atoms with Gasteiger partial charge in [0, 0.05) is 5.56 Å². The van der Waals surface area contributed by atoms with Gasteiger partial charge in [0.25, 0.3) is 5.24 Å². The third-order valence-electron chi connectivity index (χ3n) is 3.86. The maximum Gasteiger partial charge on any atom is 0.289 e. The van der Waals surface area contributed by atoms with Crippen LogP contribution in [0.1, 0.15) is 11.3 Å². The number of furan rings is 1. The van der Waals surface area contributed by atoms with E-state index < -0.39 is 0 Å². The second kappa shape index (κ2) is 7.06. The van der Waals surface area contributed by atoms with Crippen molar-refractivity contribution in [2.24, 2.45) is 4.99 Å². The van der Waals surface area contributed by atoms with E-state index in [1.165, 1.54) is 0 Å². The second-order valence-electron chi connectivity index (χ2n) is 5.89. The van der Waals surface area contributed by atoms with Gasteiger partial charge in [0.1, 0.15) is 17.4 Å². The molecule has 5 heteroatoms. The molecule has 0 radical (unpaired) electrons. The monoisotopic (exact) mass is 360 g/mol. The molecule has 1 aromatic heterocycles. The topological polar surface area (TPSA) is 54.6 Å². The maximum atomic E-state index is 11.8. The summed E-state index contributed by atoms with van der Waals surface area (Å²) >= 11 is 1.12. The average Bonchev–Trinajstić information content (AvgIpc) is 3.23. The average molecular weight is 360 g/mol. The zero-order valence-corrected chi connectivity index (χ0v) is 14.9. The van der Waals surface area contributed by atoms with Crippen molar-refractivity contribution in [1.82, 2.24) is 5.32 Å². The van der Waals surface area contributed by atoms with Gasteiger partial charge in [-0.2, -0.15) is 0 Å². The van der Waals surface area contributed by atoms with E-state index in [0.29, 0.717) is 11.6 Å². The van der Waals surface area contributed by atoms with Crippen LogP contribution in [0.4, 0.5) is 10.5 Å². The van der Waals surface area contributed by atoms with Crippen molar-refractivity contribution < 1.29 is 9.21 Å². The Hall–Kier alpha value is -3.05. The zero-order valence-electron chi connectivity index (χ0n) is 14.1. The van der Waals surface area contributed by atoms with Crippen LogP contribution in [0.25, 0.3) is 17.4 Å². The third kappa shape index (κ3) is 3.63. The van der Waals surface area contributed by atoms with E-state index in [4.69, 9.17) is 4.42 Å². The van der Waals surface area contributed by atoms with Crippen LogP contribution >= 0.6 is 11.8 Å². The molecular weight excluding hydrogens is 344 g/mol. The number of hydrogen-bond acceptors (Lipinski definition) is 4. The van der Waals surface area contributed by atoms with Crippen molar-refractivity contribution in [3.05, 3.63) is 83.0 Å². The number of hydrogen-bond donors (Lipinski definition) is 1. The van der Waals surface area contributed by atoms with Crippen molar-refractivity contribution >= 4 is 34.6 Å². The molecule has 2 heterocycles. The van der Waals surface area contributed by atoms with Gasteiger partial charge in [-0.1, -0.05) is 42.5 Å². The van der Waals surface area contributed by atoms with Crippen molar-refractivity contribution in [3.63, 3.8) is 0 Å². The molecule has 26 heavy (non-hydrogen) atoms. The van der Waals surface area contributed by atoms with Gasteiger partial charge in [0.05, 0.1) is 10.6 Å². The van der Waals surface area contributed by atoms with Gasteiger partial charge in [-0.05, 0) is 54.6 Å². The molecule has 0 bridgehead atoms. The van der Waals surface area contributed by atoms with Gasteiger partial charge < -0.3 is 9.73 Å². The third-order valence-corrected chi connectivity index (χ3v) is 4.68. The van der Waals surface area contributed by atoms with Crippen molar-refractivity contribution in [2.75, 3.05) is 0 Å². The molecule has 1 aliphatic heterocycles. The van der Waals surface area contributed by atoms with Crippen LogP contribution < -0.4 is 5.32 Å². The summed E-state index contributed by atoms with van der Waals surface area (Å²) in [6.07, 6.45) is 1.84. The fourth-order valence-corrected chi connectivity index (χ4v) is 3.37. The Balaban J connectivity index is 1.65. The van der Waals surface area contributed by atoms with E-state index >= 15 is 0 Å². The molecule has 0 spiro atoms. The van der Waals surface area contributed by atoms with Gasteiger partial charge in [-0.25, -0.2) is 4.99 Å². The fourth-order valence-electron chi connectivity index (χ4n) is 2.66. The minimum atomic E-state index is -0.141. The lowest BCUT2D eigenvalue weighted by atomic mass is 10.2. The molecule has 128 valence electrons. The molecule has 1 fully saturated rings. The van der Waals surface area contributed by atoms with Gasteiger partial charge in [0.15, 0.2) is 0 Å². The van der Waals surface area contributed by atoms with E-state index in [9.17, 15) is 4.79 Å². The molecule has 4 rings (SSSR count). The number of nitrogens with zero attached hydrogens (tertiary/aromatic N) is 1. The number of aryl methyl sites for hydroxylation is 1. The summed E-state index contributed by atoms with van der Waals surface area (Å²) < 4.78 is 5.90. The Labute approximate surface area is 155 Å². The number of carbonyl (C=O) groups is 1. The number of benzene rings is 2. The molecule has 4 nitrogen and oxygen atoms in total. The smallest absolute Gasteiger partial charge is 0.289 e. The zero-order chi connectivity index (χ0) is 17.9. The Bertz CT molecular complexity index is 1020. The maximum absolute atomic E-state index is 11.8. The van der Waals surface area contributed by atoms with Crippen LogP contribution in [0, 0.1) is 6.92 Å². The van der Waals surface area contributed by atoms with Crippen LogP contribution in [-0.2, 0) is 0 Å². The van der Waals surface area contributed by atoms with Crippen molar-refractivity contribution in [2.45, 2.75) is 6.92 Å². The van der Waals surface area contributed by atoms with E-state index in [-0.39, 0.29) is 5.24 Å². The molecule has 0 atom stereocenters. The summed E-state index contributed by atoms with van der Waals surface area (Å²) in [6.45, 7) is 2.01. The van der Waals surface area contributed by atoms with Gasteiger partial charge in [0.2, 0.25) is 0 Å². The fraction of sp³-hybridized carbons (Fsp3) is 0.0476. The van der Waals surface area contributed by atoms with Gasteiger partial charge in [-0.3, -0.25) is 4.79 Å². The molecule has 3 aromatic rings. The van der Waals surface area contributed by atoms with Gasteiger partial charge in [-0.15, -0.1) is 0 Å². The highest BCUT2D eigenvalue weighted by molar-refractivity contribution is 8.18. The molecule has 1 aliphatic rings. The van der Waals surface area contributed by atoms with E-state index in [1.54, 1.807) is 0 Å². The van der Waals surface area contributed by atoms with Crippen molar-refractivity contribution in [1.29, 1.82) is 0 Å². The highest BCUT2D eigenvalue weighted by atomic mass is 32.2. The summed E-state index contributed by atoms with van der Waals surface area (Å²) in [4.78, 5) is 17.1. The Morgan fingerprint density at radius 2 is 1.88 bits per heavy atom. The number of aliphatic imine (C=N–C) groups is 1. The van der Waals surface area contributed by atoms with Crippen molar-refractivity contribution in [3.8, 4) is 11.3 Å². The first-order valence-electron chi connectivity index (χ1n) is 8.19. The number of amides is 1. The first-order valence-corrected chi connectivity index (χ1v) is 9.00. The largest absolute Gasteiger partial charge is 0.457 e. The highest BCUT2D eigenvalue weighted by Crippen LogP contribution is 2.30. The Morgan fingerprint density at radius 1 is 1.04 bits per heavy atom. The predicted octanol–water partition coefficient (Wildman–Crippen LogP) is 5.78. The van der Waals surface area contributed by atoms with Crippen LogP contribution in [0.5, 0.6) is 0 Å². The van der Waals surface area contributed by atoms with Crippen LogP contribution in [-0.4, -0.2) is 11.1 Å².